The van der Waals surface area contributed by atoms with E-state index in [1.165, 1.54) is 0 Å². The van der Waals surface area contributed by atoms with Crippen molar-refractivity contribution in [3.8, 4) is 5.69 Å². The summed E-state index contributed by atoms with van der Waals surface area (Å²) in [6.45, 7) is 2.33. The molecule has 1 aliphatic heterocycles. The van der Waals surface area contributed by atoms with Gasteiger partial charge < -0.3 is 14.6 Å². The first-order chi connectivity index (χ1) is 16.0. The van der Waals surface area contributed by atoms with Gasteiger partial charge in [-0.15, -0.1) is 0 Å². The van der Waals surface area contributed by atoms with Crippen LogP contribution in [0.3, 0.4) is 0 Å². The van der Waals surface area contributed by atoms with Crippen molar-refractivity contribution >= 4 is 17.4 Å². The fraction of sp³-hybridized carbons (Fsp3) is 0.143. The van der Waals surface area contributed by atoms with Gasteiger partial charge in [0, 0.05) is 29.2 Å². The molecule has 0 radical (unpaired) electrons. The Morgan fingerprint density at radius 3 is 2.27 bits per heavy atom. The summed E-state index contributed by atoms with van der Waals surface area (Å²) in [5, 5.41) is 11.6. The molecule has 0 saturated heterocycles. The molecule has 3 aromatic carbocycles. The molecule has 1 unspecified atom stereocenters. The van der Waals surface area contributed by atoms with Crippen LogP contribution in [0.4, 0.5) is 5.69 Å². The lowest BCUT2D eigenvalue weighted by Crippen LogP contribution is -2.41. The molecule has 4 aromatic rings. The number of hydrogen-bond acceptors (Lipinski definition) is 3. The highest BCUT2D eigenvalue weighted by atomic mass is 16.3. The van der Waals surface area contributed by atoms with Crippen LogP contribution in [0.5, 0.6) is 0 Å². The fourth-order valence-corrected chi connectivity index (χ4v) is 4.45. The number of aromatic nitrogens is 1. The molecule has 5 nitrogen and oxygen atoms in total. The Morgan fingerprint density at radius 2 is 1.55 bits per heavy atom. The lowest BCUT2D eigenvalue weighted by molar-refractivity contribution is -0.136. The zero-order chi connectivity index (χ0) is 23.0. The summed E-state index contributed by atoms with van der Waals surface area (Å²) in [5.74, 6) is -0.748. The van der Waals surface area contributed by atoms with Crippen molar-refractivity contribution < 1.29 is 14.7 Å². The van der Waals surface area contributed by atoms with E-state index in [0.717, 1.165) is 16.8 Å². The number of carbonyl (C=O) groups excluding carboxylic acids is 2. The van der Waals surface area contributed by atoms with Gasteiger partial charge in [0.15, 0.2) is 11.4 Å². The van der Waals surface area contributed by atoms with Crippen LogP contribution in [-0.2, 0) is 16.9 Å². The molecule has 0 spiro atoms. The van der Waals surface area contributed by atoms with Crippen molar-refractivity contribution in [1.82, 2.24) is 4.57 Å². The molecule has 1 amide bonds. The molecule has 164 valence electrons. The summed E-state index contributed by atoms with van der Waals surface area (Å²) in [6.07, 6.45) is 3.55. The predicted molar refractivity (Wildman–Crippen MR) is 127 cm³/mol. The maximum atomic E-state index is 13.5. The Morgan fingerprint density at radius 1 is 0.879 bits per heavy atom. The minimum absolute atomic E-state index is 0.280. The molecule has 5 heteroatoms. The Bertz CT molecular complexity index is 1330. The third-order valence-electron chi connectivity index (χ3n) is 6.34. The fourth-order valence-electron chi connectivity index (χ4n) is 4.45. The number of aryl methyl sites for hydroxylation is 1. The molecule has 1 aliphatic rings. The zero-order valence-electron chi connectivity index (χ0n) is 18.3. The molecule has 2 heterocycles. The topological polar surface area (TPSA) is 62.5 Å². The second-order valence-electron chi connectivity index (χ2n) is 8.43. The van der Waals surface area contributed by atoms with Crippen molar-refractivity contribution in [3.63, 3.8) is 0 Å². The Labute approximate surface area is 192 Å². The third kappa shape index (κ3) is 3.66. The van der Waals surface area contributed by atoms with Crippen LogP contribution in [0, 0.1) is 6.92 Å². The van der Waals surface area contributed by atoms with E-state index in [1.54, 1.807) is 29.2 Å². The van der Waals surface area contributed by atoms with Gasteiger partial charge in [0.05, 0.1) is 18.7 Å². The highest BCUT2D eigenvalue weighted by Crippen LogP contribution is 2.43. The van der Waals surface area contributed by atoms with E-state index in [-0.39, 0.29) is 12.2 Å². The van der Waals surface area contributed by atoms with Crippen molar-refractivity contribution in [2.75, 3.05) is 4.90 Å². The van der Waals surface area contributed by atoms with Crippen LogP contribution in [0.2, 0.25) is 0 Å². The summed E-state index contributed by atoms with van der Waals surface area (Å²) in [6, 6.07) is 26.1. The van der Waals surface area contributed by atoms with Crippen LogP contribution >= 0.6 is 0 Å². The van der Waals surface area contributed by atoms with Gasteiger partial charge in [0.1, 0.15) is 0 Å². The largest absolute Gasteiger partial charge is 0.375 e. The van der Waals surface area contributed by atoms with Gasteiger partial charge in [0.2, 0.25) is 0 Å². The van der Waals surface area contributed by atoms with Gasteiger partial charge in [-0.1, -0.05) is 42.5 Å². The minimum Gasteiger partial charge on any atom is -0.375 e. The molecule has 0 bridgehead atoms. The van der Waals surface area contributed by atoms with Gasteiger partial charge in [-0.25, -0.2) is 0 Å². The maximum absolute atomic E-state index is 13.5. The summed E-state index contributed by atoms with van der Waals surface area (Å²) in [4.78, 5) is 28.2. The number of fused-ring (bicyclic) bond motifs is 1. The van der Waals surface area contributed by atoms with Crippen LogP contribution in [0.15, 0.2) is 97.3 Å². The summed E-state index contributed by atoms with van der Waals surface area (Å²) in [7, 11) is 0. The molecule has 1 aromatic heterocycles. The van der Waals surface area contributed by atoms with Gasteiger partial charge in [-0.2, -0.15) is 0 Å². The zero-order valence-corrected chi connectivity index (χ0v) is 18.3. The van der Waals surface area contributed by atoms with Crippen LogP contribution in [0.1, 0.15) is 33.5 Å². The molecule has 0 saturated carbocycles. The average Bonchev–Trinajstić information content (AvgIpc) is 3.44. The molecule has 0 fully saturated rings. The van der Waals surface area contributed by atoms with Crippen molar-refractivity contribution in [1.29, 1.82) is 0 Å². The number of ketones is 1. The number of nitrogens with zero attached hydrogens (tertiary/aromatic N) is 2. The number of hydrogen-bond donors (Lipinski definition) is 1. The van der Waals surface area contributed by atoms with Gasteiger partial charge in [-0.05, 0) is 60.5 Å². The first kappa shape index (κ1) is 20.9. The molecular weight excluding hydrogens is 412 g/mol. The van der Waals surface area contributed by atoms with E-state index in [9.17, 15) is 14.7 Å². The number of aliphatic hydroxyl groups is 1. The van der Waals surface area contributed by atoms with Crippen LogP contribution in [0.25, 0.3) is 5.69 Å². The van der Waals surface area contributed by atoms with E-state index in [0.29, 0.717) is 23.4 Å². The second-order valence-corrected chi connectivity index (χ2v) is 8.43. The van der Waals surface area contributed by atoms with Gasteiger partial charge in [-0.3, -0.25) is 9.59 Å². The van der Waals surface area contributed by atoms with Crippen LogP contribution < -0.4 is 4.90 Å². The first-order valence-corrected chi connectivity index (χ1v) is 10.9. The number of rotatable bonds is 6. The number of para-hydroxylation sites is 1. The number of benzene rings is 3. The Kier molecular flexibility index (Phi) is 5.19. The average molecular weight is 437 g/mol. The molecule has 33 heavy (non-hydrogen) atoms. The third-order valence-corrected chi connectivity index (χ3v) is 6.34. The number of anilines is 1. The van der Waals surface area contributed by atoms with E-state index >= 15 is 0 Å². The monoisotopic (exact) mass is 436 g/mol. The Balaban J connectivity index is 1.43. The Hall–Kier alpha value is -3.96. The summed E-state index contributed by atoms with van der Waals surface area (Å²) in [5.41, 5.74) is 2.68. The minimum atomic E-state index is -1.89. The molecule has 5 rings (SSSR count). The van der Waals surface area contributed by atoms with Crippen molar-refractivity contribution in [2.24, 2.45) is 0 Å². The van der Waals surface area contributed by atoms with Crippen LogP contribution in [-0.4, -0.2) is 21.4 Å². The number of carbonyl (C=O) groups is 2. The second kappa shape index (κ2) is 8.19. The lowest BCUT2D eigenvalue weighted by atomic mass is 9.88. The molecular formula is C28H24N2O3. The normalized spacial score (nSPS) is 17.3. The quantitative estimate of drug-likeness (QED) is 0.442. The first-order valence-electron chi connectivity index (χ1n) is 10.9. The van der Waals surface area contributed by atoms with E-state index in [4.69, 9.17) is 0 Å². The number of amides is 1. The van der Waals surface area contributed by atoms with Gasteiger partial charge >= 0.3 is 0 Å². The summed E-state index contributed by atoms with van der Waals surface area (Å²) < 4.78 is 1.95. The highest BCUT2D eigenvalue weighted by Gasteiger charge is 2.50. The number of Topliss-reactive ketones (excluding diaryl/α,β-unsaturated/α-hetero) is 1. The van der Waals surface area contributed by atoms with E-state index < -0.39 is 11.5 Å². The van der Waals surface area contributed by atoms with Crippen molar-refractivity contribution in [3.05, 3.63) is 120 Å². The predicted octanol–water partition coefficient (Wildman–Crippen LogP) is 4.79. The van der Waals surface area contributed by atoms with Gasteiger partial charge in [0.25, 0.3) is 5.91 Å². The lowest BCUT2D eigenvalue weighted by Gasteiger charge is -2.23. The standard InChI is InChI=1S/C28H24N2O3/c1-20-8-2-3-9-22(20)19-30-25-11-5-4-10-24(25)28(33,27(30)32)18-26(31)21-12-14-23(15-13-21)29-16-6-7-17-29/h2-17,33H,18-19H2,1H3. The van der Waals surface area contributed by atoms with E-state index in [1.807, 2.05) is 84.5 Å². The molecule has 1 atom stereocenters. The van der Waals surface area contributed by atoms with E-state index in [2.05, 4.69) is 0 Å². The highest BCUT2D eigenvalue weighted by molar-refractivity contribution is 6.10. The molecule has 1 N–H and O–H groups in total. The SMILES string of the molecule is Cc1ccccc1CN1C(=O)C(O)(CC(=O)c2ccc(-n3cccc3)cc2)c2ccccc21. The maximum Gasteiger partial charge on any atom is 0.264 e. The molecule has 0 aliphatic carbocycles. The van der Waals surface area contributed by atoms with Crippen molar-refractivity contribution in [2.45, 2.75) is 25.5 Å². The summed E-state index contributed by atoms with van der Waals surface area (Å²) >= 11 is 0. The smallest absolute Gasteiger partial charge is 0.264 e.